The molecule has 0 aliphatic carbocycles. The Labute approximate surface area is 158 Å². The molecule has 3 rings (SSSR count). The normalized spacial score (nSPS) is 15.8. The van der Waals surface area contributed by atoms with E-state index in [2.05, 4.69) is 5.32 Å². The van der Waals surface area contributed by atoms with Crippen molar-refractivity contribution in [3.8, 4) is 11.5 Å². The van der Waals surface area contributed by atoms with Gasteiger partial charge in [0, 0.05) is 6.54 Å². The van der Waals surface area contributed by atoms with Crippen LogP contribution >= 0.6 is 11.6 Å². The highest BCUT2D eigenvalue weighted by Crippen LogP contribution is 2.31. The number of hydrogen-bond donors (Lipinski definition) is 1. The monoisotopic (exact) mass is 374 g/mol. The first-order valence-electron chi connectivity index (χ1n) is 8.56. The lowest BCUT2D eigenvalue weighted by molar-refractivity contribution is -0.117. The number of nitrogens with one attached hydrogen (secondary N) is 1. The van der Waals surface area contributed by atoms with Gasteiger partial charge >= 0.3 is 0 Å². The molecule has 0 radical (unpaired) electrons. The summed E-state index contributed by atoms with van der Waals surface area (Å²) in [6.45, 7) is 5.20. The van der Waals surface area contributed by atoms with Crippen molar-refractivity contribution in [3.05, 3.63) is 52.5 Å². The van der Waals surface area contributed by atoms with Crippen molar-refractivity contribution < 1.29 is 14.3 Å². The number of halogens is 1. The minimum Gasteiger partial charge on any atom is -0.486 e. The average molecular weight is 375 g/mol. The summed E-state index contributed by atoms with van der Waals surface area (Å²) in [7, 11) is 1.88. The van der Waals surface area contributed by atoms with E-state index in [9.17, 15) is 4.79 Å². The fourth-order valence-corrected chi connectivity index (χ4v) is 3.43. The molecule has 2 aromatic carbocycles. The Bertz CT molecular complexity index is 786. The lowest BCUT2D eigenvalue weighted by atomic mass is 10.1. The minimum absolute atomic E-state index is 0.113. The molecular weight excluding hydrogens is 352 g/mol. The second-order valence-electron chi connectivity index (χ2n) is 6.68. The number of nitrogens with zero attached hydrogens (tertiary/aromatic N) is 1. The SMILES string of the molecule is Cc1cc(C)c(NC(=O)CN(C)C[C@H]2COc3ccccc3O2)c(Cl)c1. The van der Waals surface area contributed by atoms with Crippen molar-refractivity contribution in [1.82, 2.24) is 4.90 Å². The maximum atomic E-state index is 12.4. The number of anilines is 1. The summed E-state index contributed by atoms with van der Waals surface area (Å²) in [5.74, 6) is 1.38. The van der Waals surface area contributed by atoms with Gasteiger partial charge in [-0.1, -0.05) is 29.8 Å². The maximum Gasteiger partial charge on any atom is 0.238 e. The van der Waals surface area contributed by atoms with Crippen LogP contribution in [-0.4, -0.2) is 43.7 Å². The maximum absolute atomic E-state index is 12.4. The van der Waals surface area contributed by atoms with Crippen molar-refractivity contribution in [2.75, 3.05) is 32.1 Å². The number of ether oxygens (including phenoxy) is 2. The molecule has 6 heteroatoms. The third kappa shape index (κ3) is 4.48. The molecule has 0 fully saturated rings. The Morgan fingerprint density at radius 3 is 2.73 bits per heavy atom. The predicted octanol–water partition coefficient (Wildman–Crippen LogP) is 3.67. The number of carbonyl (C=O) groups is 1. The summed E-state index contributed by atoms with van der Waals surface area (Å²) in [6.07, 6.45) is -0.118. The molecule has 1 aliphatic heterocycles. The fourth-order valence-electron chi connectivity index (χ4n) is 3.06. The van der Waals surface area contributed by atoms with E-state index in [0.717, 1.165) is 22.6 Å². The van der Waals surface area contributed by atoms with Crippen LogP contribution in [0.15, 0.2) is 36.4 Å². The third-order valence-corrected chi connectivity index (χ3v) is 4.49. The van der Waals surface area contributed by atoms with Crippen LogP contribution in [0.5, 0.6) is 11.5 Å². The van der Waals surface area contributed by atoms with E-state index < -0.39 is 0 Å². The molecule has 1 atom stereocenters. The minimum atomic E-state index is -0.118. The quantitative estimate of drug-likeness (QED) is 0.867. The molecule has 5 nitrogen and oxygen atoms in total. The van der Waals surface area contributed by atoms with E-state index in [1.54, 1.807) is 0 Å². The zero-order valence-electron chi connectivity index (χ0n) is 15.2. The zero-order chi connectivity index (χ0) is 18.7. The second kappa shape index (κ2) is 7.98. The molecule has 0 saturated heterocycles. The summed E-state index contributed by atoms with van der Waals surface area (Å²) in [6, 6.07) is 11.4. The number of rotatable bonds is 5. The molecule has 0 spiro atoms. The van der Waals surface area contributed by atoms with Gasteiger partial charge in [-0.3, -0.25) is 9.69 Å². The number of hydrogen-bond acceptors (Lipinski definition) is 4. The van der Waals surface area contributed by atoms with Gasteiger partial charge in [0.05, 0.1) is 17.3 Å². The summed E-state index contributed by atoms with van der Waals surface area (Å²) in [5, 5.41) is 3.46. The van der Waals surface area contributed by atoms with E-state index in [-0.39, 0.29) is 18.6 Å². The van der Waals surface area contributed by atoms with E-state index in [4.69, 9.17) is 21.1 Å². The number of para-hydroxylation sites is 2. The topological polar surface area (TPSA) is 50.8 Å². The van der Waals surface area contributed by atoms with Gasteiger partial charge < -0.3 is 14.8 Å². The van der Waals surface area contributed by atoms with Crippen molar-refractivity contribution in [2.24, 2.45) is 0 Å². The standard InChI is InChI=1S/C20H23ClN2O3/c1-13-8-14(2)20(16(21)9-13)22-19(24)11-23(3)10-15-12-25-17-6-4-5-7-18(17)26-15/h4-9,15H,10-12H2,1-3H3,(H,22,24)/t15-/m0/s1. The number of fused-ring (bicyclic) bond motifs is 1. The molecular formula is C20H23ClN2O3. The molecule has 0 bridgehead atoms. The second-order valence-corrected chi connectivity index (χ2v) is 7.09. The van der Waals surface area contributed by atoms with Gasteiger partial charge in [-0.25, -0.2) is 0 Å². The largest absolute Gasteiger partial charge is 0.486 e. The zero-order valence-corrected chi connectivity index (χ0v) is 16.0. The Kier molecular flexibility index (Phi) is 5.69. The lowest BCUT2D eigenvalue weighted by Gasteiger charge is -2.29. The Morgan fingerprint density at radius 1 is 1.27 bits per heavy atom. The number of benzene rings is 2. The molecule has 1 heterocycles. The third-order valence-electron chi connectivity index (χ3n) is 4.19. The number of carbonyl (C=O) groups excluding carboxylic acids is 1. The average Bonchev–Trinajstić information content (AvgIpc) is 2.58. The molecule has 0 aromatic heterocycles. The van der Waals surface area contributed by atoms with Crippen molar-refractivity contribution in [3.63, 3.8) is 0 Å². The van der Waals surface area contributed by atoms with Crippen LogP contribution in [0.2, 0.25) is 5.02 Å². The first-order chi connectivity index (χ1) is 12.4. The van der Waals surface area contributed by atoms with Gasteiger partial charge in [0.15, 0.2) is 11.5 Å². The first kappa shape index (κ1) is 18.5. The van der Waals surface area contributed by atoms with Crippen LogP contribution in [0.25, 0.3) is 0 Å². The molecule has 0 unspecified atom stereocenters. The Hall–Kier alpha value is -2.24. The number of likely N-dealkylation sites (N-methyl/N-ethyl adjacent to an activating group) is 1. The molecule has 26 heavy (non-hydrogen) atoms. The van der Waals surface area contributed by atoms with E-state index in [0.29, 0.717) is 23.9 Å². The van der Waals surface area contributed by atoms with E-state index >= 15 is 0 Å². The molecule has 2 aromatic rings. The Balaban J connectivity index is 1.54. The van der Waals surface area contributed by atoms with Crippen LogP contribution in [0.3, 0.4) is 0 Å². The Morgan fingerprint density at radius 2 is 2.00 bits per heavy atom. The molecule has 1 amide bonds. The van der Waals surface area contributed by atoms with Gasteiger partial charge in [0.2, 0.25) is 5.91 Å². The summed E-state index contributed by atoms with van der Waals surface area (Å²) >= 11 is 6.25. The summed E-state index contributed by atoms with van der Waals surface area (Å²) in [4.78, 5) is 14.3. The van der Waals surface area contributed by atoms with Gasteiger partial charge in [-0.2, -0.15) is 0 Å². The lowest BCUT2D eigenvalue weighted by Crippen LogP contribution is -2.42. The van der Waals surface area contributed by atoms with Crippen molar-refractivity contribution in [1.29, 1.82) is 0 Å². The van der Waals surface area contributed by atoms with Crippen LogP contribution in [-0.2, 0) is 4.79 Å². The highest BCUT2D eigenvalue weighted by molar-refractivity contribution is 6.34. The van der Waals surface area contributed by atoms with Crippen LogP contribution in [0, 0.1) is 13.8 Å². The first-order valence-corrected chi connectivity index (χ1v) is 8.94. The smallest absolute Gasteiger partial charge is 0.238 e. The number of aryl methyl sites for hydroxylation is 2. The molecule has 0 saturated carbocycles. The van der Waals surface area contributed by atoms with Crippen molar-refractivity contribution in [2.45, 2.75) is 20.0 Å². The molecule has 138 valence electrons. The van der Waals surface area contributed by atoms with Crippen LogP contribution in [0.4, 0.5) is 5.69 Å². The summed E-state index contributed by atoms with van der Waals surface area (Å²) in [5.41, 5.74) is 2.69. The fraction of sp³-hybridized carbons (Fsp3) is 0.350. The summed E-state index contributed by atoms with van der Waals surface area (Å²) < 4.78 is 11.6. The molecule has 1 aliphatic rings. The predicted molar refractivity (Wildman–Crippen MR) is 103 cm³/mol. The van der Waals surface area contributed by atoms with Crippen LogP contribution < -0.4 is 14.8 Å². The van der Waals surface area contributed by atoms with E-state index in [1.165, 1.54) is 0 Å². The van der Waals surface area contributed by atoms with Gasteiger partial charge in [0.25, 0.3) is 0 Å². The van der Waals surface area contributed by atoms with Gasteiger partial charge in [-0.15, -0.1) is 0 Å². The highest BCUT2D eigenvalue weighted by atomic mass is 35.5. The molecule has 1 N–H and O–H groups in total. The van der Waals surface area contributed by atoms with E-state index in [1.807, 2.05) is 62.2 Å². The van der Waals surface area contributed by atoms with Crippen LogP contribution in [0.1, 0.15) is 11.1 Å². The van der Waals surface area contributed by atoms with Crippen molar-refractivity contribution >= 4 is 23.2 Å². The van der Waals surface area contributed by atoms with Gasteiger partial charge in [0.1, 0.15) is 12.7 Å². The number of amides is 1. The highest BCUT2D eigenvalue weighted by Gasteiger charge is 2.22. The van der Waals surface area contributed by atoms with Gasteiger partial charge in [-0.05, 0) is 50.2 Å².